The van der Waals surface area contributed by atoms with Crippen molar-refractivity contribution < 1.29 is 13.7 Å². The summed E-state index contributed by atoms with van der Waals surface area (Å²) in [6.45, 7) is 3.06. The molecule has 1 aromatic rings. The number of ketones is 1. The third-order valence-electron chi connectivity index (χ3n) is 3.34. The molecule has 0 N–H and O–H groups in total. The zero-order valence-electron chi connectivity index (χ0n) is 10.8. The molecule has 0 spiro atoms. The fourth-order valence-corrected chi connectivity index (χ4v) is 4.00. The van der Waals surface area contributed by atoms with E-state index in [1.54, 1.807) is 19.1 Å². The number of carbonyl (C=O) groups excluding carboxylic acids is 1. The Hall–Kier alpha value is -0.520. The van der Waals surface area contributed by atoms with E-state index in [9.17, 15) is 9.00 Å². The summed E-state index contributed by atoms with van der Waals surface area (Å²) in [5, 5.41) is -0.368. The van der Waals surface area contributed by atoms with Crippen molar-refractivity contribution in [2.75, 3.05) is 13.2 Å². The molecule has 0 aliphatic carbocycles. The van der Waals surface area contributed by atoms with Crippen molar-refractivity contribution in [3.63, 3.8) is 0 Å². The van der Waals surface area contributed by atoms with Gasteiger partial charge in [0, 0.05) is 39.3 Å². The van der Waals surface area contributed by atoms with Gasteiger partial charge in [-0.25, -0.2) is 0 Å². The minimum Gasteiger partial charge on any atom is -0.381 e. The van der Waals surface area contributed by atoms with E-state index in [4.69, 9.17) is 4.74 Å². The first-order valence-corrected chi connectivity index (χ1v) is 8.43. The van der Waals surface area contributed by atoms with Crippen molar-refractivity contribution in [2.24, 2.45) is 0 Å². The normalized spacial score (nSPS) is 19.9. The number of hydrogen-bond acceptors (Lipinski definition) is 3. The fraction of sp³-hybridized carbons (Fsp3) is 0.500. The van der Waals surface area contributed by atoms with E-state index in [2.05, 4.69) is 15.9 Å². The standard InChI is InChI=1S/C14H17BrO3S/c1-10(19(17)13-6-8-18-9-7-13)14(16)11-2-4-12(15)5-3-11/h2-5,10,13H,6-9H2,1H3. The largest absolute Gasteiger partial charge is 0.381 e. The molecule has 1 saturated heterocycles. The molecule has 2 unspecified atom stereocenters. The Labute approximate surface area is 124 Å². The Balaban J connectivity index is 2.05. The first kappa shape index (κ1) is 14.9. The number of halogens is 1. The van der Waals surface area contributed by atoms with Crippen molar-refractivity contribution in [3.8, 4) is 0 Å². The molecule has 19 heavy (non-hydrogen) atoms. The van der Waals surface area contributed by atoms with Crippen molar-refractivity contribution in [1.29, 1.82) is 0 Å². The van der Waals surface area contributed by atoms with Crippen LogP contribution in [0.5, 0.6) is 0 Å². The lowest BCUT2D eigenvalue weighted by atomic mass is 10.1. The van der Waals surface area contributed by atoms with E-state index in [1.165, 1.54) is 0 Å². The topological polar surface area (TPSA) is 43.4 Å². The van der Waals surface area contributed by atoms with Gasteiger partial charge in [-0.3, -0.25) is 9.00 Å². The van der Waals surface area contributed by atoms with Crippen molar-refractivity contribution in [3.05, 3.63) is 34.3 Å². The fourth-order valence-electron chi connectivity index (χ4n) is 2.15. The molecule has 0 saturated carbocycles. The maximum Gasteiger partial charge on any atom is 0.178 e. The van der Waals surface area contributed by atoms with Crippen LogP contribution in [0.1, 0.15) is 30.1 Å². The smallest absolute Gasteiger partial charge is 0.178 e. The molecule has 2 atom stereocenters. The minimum absolute atomic E-state index is 0.0441. The molecule has 1 aliphatic rings. The Morgan fingerprint density at radius 1 is 1.32 bits per heavy atom. The third kappa shape index (κ3) is 3.74. The molecule has 1 heterocycles. The van der Waals surface area contributed by atoms with Crippen molar-refractivity contribution in [2.45, 2.75) is 30.3 Å². The van der Waals surface area contributed by atoms with E-state index < -0.39 is 16.0 Å². The highest BCUT2D eigenvalue weighted by atomic mass is 79.9. The van der Waals surface area contributed by atoms with Crippen LogP contribution in [0.4, 0.5) is 0 Å². The van der Waals surface area contributed by atoms with E-state index in [1.807, 2.05) is 12.1 Å². The number of hydrogen-bond donors (Lipinski definition) is 0. The lowest BCUT2D eigenvalue weighted by Crippen LogP contribution is -2.34. The zero-order chi connectivity index (χ0) is 13.8. The number of benzene rings is 1. The summed E-state index contributed by atoms with van der Waals surface area (Å²) < 4.78 is 18.6. The summed E-state index contributed by atoms with van der Waals surface area (Å²) in [7, 11) is -1.13. The molecule has 1 aliphatic heterocycles. The van der Waals surface area contributed by atoms with Crippen LogP contribution >= 0.6 is 15.9 Å². The van der Waals surface area contributed by atoms with Gasteiger partial charge in [0.25, 0.3) is 0 Å². The molecule has 0 bridgehead atoms. The Bertz CT molecular complexity index is 466. The molecular weight excluding hydrogens is 328 g/mol. The van der Waals surface area contributed by atoms with E-state index >= 15 is 0 Å². The monoisotopic (exact) mass is 344 g/mol. The van der Waals surface area contributed by atoms with Gasteiger partial charge >= 0.3 is 0 Å². The predicted octanol–water partition coefficient (Wildman–Crippen LogP) is 2.95. The van der Waals surface area contributed by atoms with Crippen LogP contribution in [-0.2, 0) is 15.5 Å². The Morgan fingerprint density at radius 3 is 2.47 bits per heavy atom. The first-order valence-electron chi connectivity index (χ1n) is 6.36. The molecular formula is C14H17BrO3S. The molecule has 3 nitrogen and oxygen atoms in total. The average molecular weight is 345 g/mol. The van der Waals surface area contributed by atoms with E-state index in [0.29, 0.717) is 18.8 Å². The molecule has 0 radical (unpaired) electrons. The molecule has 1 aromatic carbocycles. The lowest BCUT2D eigenvalue weighted by molar-refractivity contribution is 0.0966. The zero-order valence-corrected chi connectivity index (χ0v) is 13.2. The number of Topliss-reactive ketones (excluding diaryl/α,β-unsaturated/α-hetero) is 1. The van der Waals surface area contributed by atoms with Crippen LogP contribution in [0, 0.1) is 0 Å². The lowest BCUT2D eigenvalue weighted by Gasteiger charge is -2.24. The van der Waals surface area contributed by atoms with Gasteiger partial charge in [-0.05, 0) is 31.9 Å². The Kier molecular flexibility index (Phi) is 5.30. The second kappa shape index (κ2) is 6.77. The van der Waals surface area contributed by atoms with Gasteiger partial charge in [-0.1, -0.05) is 28.1 Å². The van der Waals surface area contributed by atoms with Crippen LogP contribution in [0.15, 0.2) is 28.7 Å². The minimum atomic E-state index is -1.13. The summed E-state index contributed by atoms with van der Waals surface area (Å²) in [6, 6.07) is 7.20. The van der Waals surface area contributed by atoms with Gasteiger partial charge in [-0.2, -0.15) is 0 Å². The maximum atomic E-state index is 12.4. The number of ether oxygens (including phenoxy) is 1. The van der Waals surface area contributed by atoms with Crippen molar-refractivity contribution >= 4 is 32.5 Å². The molecule has 0 aromatic heterocycles. The second-order valence-electron chi connectivity index (χ2n) is 4.65. The van der Waals surface area contributed by atoms with E-state index in [-0.39, 0.29) is 11.0 Å². The van der Waals surface area contributed by atoms with Gasteiger partial charge < -0.3 is 4.74 Å². The van der Waals surface area contributed by atoms with Gasteiger partial charge in [0.1, 0.15) is 0 Å². The maximum absolute atomic E-state index is 12.4. The van der Waals surface area contributed by atoms with Crippen molar-refractivity contribution in [1.82, 2.24) is 0 Å². The van der Waals surface area contributed by atoms with Gasteiger partial charge in [0.15, 0.2) is 5.78 Å². The van der Waals surface area contributed by atoms with Crippen LogP contribution in [0.25, 0.3) is 0 Å². The quantitative estimate of drug-likeness (QED) is 0.788. The predicted molar refractivity (Wildman–Crippen MR) is 79.9 cm³/mol. The highest BCUT2D eigenvalue weighted by molar-refractivity contribution is 9.10. The van der Waals surface area contributed by atoms with Crippen LogP contribution < -0.4 is 0 Å². The Morgan fingerprint density at radius 2 is 1.89 bits per heavy atom. The summed E-state index contributed by atoms with van der Waals surface area (Å²) >= 11 is 3.34. The highest BCUT2D eigenvalue weighted by Gasteiger charge is 2.29. The summed E-state index contributed by atoms with van der Waals surface area (Å²) in [6.07, 6.45) is 1.56. The third-order valence-corrected chi connectivity index (χ3v) is 5.91. The highest BCUT2D eigenvalue weighted by Crippen LogP contribution is 2.20. The number of rotatable bonds is 4. The molecule has 1 fully saturated rings. The average Bonchev–Trinajstić information content (AvgIpc) is 2.46. The first-order chi connectivity index (χ1) is 9.09. The summed E-state index contributed by atoms with van der Waals surface area (Å²) in [5.74, 6) is -0.0441. The van der Waals surface area contributed by atoms with Crippen LogP contribution in [0.2, 0.25) is 0 Å². The van der Waals surface area contributed by atoms with Gasteiger partial charge in [-0.15, -0.1) is 0 Å². The van der Waals surface area contributed by atoms with Crippen LogP contribution in [-0.4, -0.2) is 33.7 Å². The molecule has 5 heteroatoms. The molecule has 2 rings (SSSR count). The molecule has 104 valence electrons. The van der Waals surface area contributed by atoms with E-state index in [0.717, 1.165) is 17.3 Å². The SMILES string of the molecule is CC(C(=O)c1ccc(Br)cc1)S(=O)C1CCOCC1. The van der Waals surface area contributed by atoms with Gasteiger partial charge in [0.2, 0.25) is 0 Å². The summed E-state index contributed by atoms with van der Waals surface area (Å²) in [5.41, 5.74) is 0.621. The molecule has 0 amide bonds. The number of carbonyl (C=O) groups is 1. The van der Waals surface area contributed by atoms with Crippen LogP contribution in [0.3, 0.4) is 0 Å². The second-order valence-corrected chi connectivity index (χ2v) is 7.60. The van der Waals surface area contributed by atoms with Gasteiger partial charge in [0.05, 0.1) is 5.25 Å². The summed E-state index contributed by atoms with van der Waals surface area (Å²) in [4.78, 5) is 12.3.